The number of thioether (sulfide) groups is 1. The molecular weight excluding hydrogens is 286 g/mol. The Morgan fingerprint density at radius 3 is 3.05 bits per heavy atom. The van der Waals surface area contributed by atoms with E-state index in [0.717, 1.165) is 22.9 Å². The van der Waals surface area contributed by atoms with Crippen LogP contribution in [0.15, 0.2) is 35.4 Å². The maximum absolute atomic E-state index is 6.18. The summed E-state index contributed by atoms with van der Waals surface area (Å²) in [7, 11) is 5.52. The van der Waals surface area contributed by atoms with Crippen LogP contribution in [-0.4, -0.2) is 35.8 Å². The Hall–Kier alpha value is -1.66. The molecule has 0 spiro atoms. The van der Waals surface area contributed by atoms with E-state index in [2.05, 4.69) is 16.5 Å². The normalized spacial score (nSPS) is 18.7. The van der Waals surface area contributed by atoms with Gasteiger partial charge in [-0.15, -0.1) is 11.8 Å². The fourth-order valence-corrected chi connectivity index (χ4v) is 3.67. The van der Waals surface area contributed by atoms with Crippen LogP contribution in [-0.2, 0) is 7.05 Å². The molecular formula is C15H19N3O2S. The molecule has 112 valence electrons. The van der Waals surface area contributed by atoms with Gasteiger partial charge in [0.15, 0.2) is 5.75 Å². The van der Waals surface area contributed by atoms with E-state index in [1.54, 1.807) is 13.3 Å². The first-order valence-corrected chi connectivity index (χ1v) is 7.84. The van der Waals surface area contributed by atoms with Crippen molar-refractivity contribution in [2.75, 3.05) is 19.9 Å². The Morgan fingerprint density at radius 2 is 2.29 bits per heavy atom. The number of ether oxygens (including phenoxy) is 2. The second-order valence-corrected chi connectivity index (χ2v) is 5.96. The van der Waals surface area contributed by atoms with Gasteiger partial charge in [-0.3, -0.25) is 4.68 Å². The molecule has 1 aromatic heterocycles. The molecule has 3 rings (SSSR count). The number of hydrogen-bond donors (Lipinski definition) is 1. The Balaban J connectivity index is 1.90. The largest absolute Gasteiger partial charge is 0.493 e. The summed E-state index contributed by atoms with van der Waals surface area (Å²) in [6.45, 7) is 0. The van der Waals surface area contributed by atoms with E-state index in [-0.39, 0.29) is 12.1 Å². The summed E-state index contributed by atoms with van der Waals surface area (Å²) in [6.07, 6.45) is 1.77. The fourth-order valence-electron chi connectivity index (χ4n) is 2.64. The molecule has 0 saturated carbocycles. The molecule has 0 fully saturated rings. The van der Waals surface area contributed by atoms with Crippen LogP contribution in [0, 0.1) is 0 Å². The van der Waals surface area contributed by atoms with Crippen molar-refractivity contribution in [3.63, 3.8) is 0 Å². The van der Waals surface area contributed by atoms with E-state index in [0.29, 0.717) is 0 Å². The average molecular weight is 305 g/mol. The van der Waals surface area contributed by atoms with Crippen LogP contribution in [0.4, 0.5) is 0 Å². The predicted octanol–water partition coefficient (Wildman–Crippen LogP) is 2.24. The van der Waals surface area contributed by atoms with Gasteiger partial charge in [-0.2, -0.15) is 5.10 Å². The molecule has 2 atom stereocenters. The molecule has 0 aliphatic carbocycles. The van der Waals surface area contributed by atoms with Crippen molar-refractivity contribution < 1.29 is 9.47 Å². The fraction of sp³-hybridized carbons (Fsp3) is 0.400. The molecule has 0 saturated heterocycles. The molecule has 6 heteroatoms. The van der Waals surface area contributed by atoms with E-state index in [1.807, 2.05) is 48.7 Å². The van der Waals surface area contributed by atoms with E-state index in [9.17, 15) is 0 Å². The molecule has 2 heterocycles. The SMILES string of the molecule is CNC(c1c(OC)cnn1C)C1CSc2ccccc2O1. The lowest BCUT2D eigenvalue weighted by atomic mass is 10.1. The van der Waals surface area contributed by atoms with Crippen LogP contribution in [0.25, 0.3) is 0 Å². The zero-order valence-corrected chi connectivity index (χ0v) is 13.2. The molecule has 1 aromatic carbocycles. The third-order valence-electron chi connectivity index (χ3n) is 3.68. The second-order valence-electron chi connectivity index (χ2n) is 4.90. The summed E-state index contributed by atoms with van der Waals surface area (Å²) >= 11 is 1.82. The van der Waals surface area contributed by atoms with Gasteiger partial charge in [0.05, 0.1) is 19.3 Å². The number of para-hydroxylation sites is 1. The monoisotopic (exact) mass is 305 g/mol. The number of nitrogens with one attached hydrogen (secondary N) is 1. The number of aryl methyl sites for hydroxylation is 1. The van der Waals surface area contributed by atoms with Crippen molar-refractivity contribution in [1.82, 2.24) is 15.1 Å². The van der Waals surface area contributed by atoms with Gasteiger partial charge in [-0.1, -0.05) is 12.1 Å². The first-order chi connectivity index (χ1) is 10.2. The van der Waals surface area contributed by atoms with Crippen LogP contribution in [0.5, 0.6) is 11.5 Å². The van der Waals surface area contributed by atoms with Crippen LogP contribution >= 0.6 is 11.8 Å². The van der Waals surface area contributed by atoms with E-state index < -0.39 is 0 Å². The van der Waals surface area contributed by atoms with Gasteiger partial charge in [0.1, 0.15) is 17.5 Å². The van der Waals surface area contributed by atoms with Crippen LogP contribution < -0.4 is 14.8 Å². The Morgan fingerprint density at radius 1 is 1.48 bits per heavy atom. The van der Waals surface area contributed by atoms with E-state index in [1.165, 1.54) is 4.90 Å². The number of methoxy groups -OCH3 is 1. The summed E-state index contributed by atoms with van der Waals surface area (Å²) in [5.74, 6) is 2.61. The number of likely N-dealkylation sites (N-methyl/N-ethyl adjacent to an activating group) is 1. The minimum absolute atomic E-state index is 0.0216. The molecule has 1 aliphatic heterocycles. The standard InChI is InChI=1S/C15H19N3O2S/c1-16-14(15-11(19-3)8-17-18(15)2)12-9-21-13-7-5-4-6-10(13)20-12/h4-8,12,14,16H,9H2,1-3H3. The van der Waals surface area contributed by atoms with Crippen LogP contribution in [0.3, 0.4) is 0 Å². The number of hydrogen-bond acceptors (Lipinski definition) is 5. The minimum atomic E-state index is 0.0216. The maximum atomic E-state index is 6.18. The van der Waals surface area contributed by atoms with Crippen molar-refractivity contribution in [1.29, 1.82) is 0 Å². The molecule has 2 unspecified atom stereocenters. The zero-order valence-electron chi connectivity index (χ0n) is 12.4. The molecule has 0 bridgehead atoms. The third kappa shape index (κ3) is 2.61. The molecule has 1 N–H and O–H groups in total. The molecule has 2 aromatic rings. The average Bonchev–Trinajstić information content (AvgIpc) is 2.89. The van der Waals surface area contributed by atoms with Gasteiger partial charge in [0.2, 0.25) is 0 Å². The highest BCUT2D eigenvalue weighted by molar-refractivity contribution is 7.99. The number of aromatic nitrogens is 2. The van der Waals surface area contributed by atoms with Crippen LogP contribution in [0.2, 0.25) is 0 Å². The summed E-state index contributed by atoms with van der Waals surface area (Å²) in [5.41, 5.74) is 1.00. The van der Waals surface area contributed by atoms with Crippen molar-refractivity contribution >= 4 is 11.8 Å². The van der Waals surface area contributed by atoms with Gasteiger partial charge in [-0.05, 0) is 19.2 Å². The highest BCUT2D eigenvalue weighted by atomic mass is 32.2. The molecule has 21 heavy (non-hydrogen) atoms. The molecule has 0 radical (unpaired) electrons. The van der Waals surface area contributed by atoms with Crippen molar-refractivity contribution in [2.24, 2.45) is 7.05 Å². The Bertz CT molecular complexity index is 629. The second kappa shape index (κ2) is 5.99. The van der Waals surface area contributed by atoms with Gasteiger partial charge in [-0.25, -0.2) is 0 Å². The summed E-state index contributed by atoms with van der Waals surface area (Å²) in [6, 6.07) is 8.17. The van der Waals surface area contributed by atoms with Crippen molar-refractivity contribution in [2.45, 2.75) is 17.0 Å². The number of rotatable bonds is 4. The number of nitrogens with zero attached hydrogens (tertiary/aromatic N) is 2. The van der Waals surface area contributed by atoms with Crippen LogP contribution in [0.1, 0.15) is 11.7 Å². The number of benzene rings is 1. The van der Waals surface area contributed by atoms with Gasteiger partial charge < -0.3 is 14.8 Å². The first kappa shape index (κ1) is 14.3. The highest BCUT2D eigenvalue weighted by Gasteiger charge is 2.32. The van der Waals surface area contributed by atoms with Gasteiger partial charge in [0.25, 0.3) is 0 Å². The highest BCUT2D eigenvalue weighted by Crippen LogP contribution is 2.39. The quantitative estimate of drug-likeness (QED) is 0.939. The summed E-state index contributed by atoms with van der Waals surface area (Å²) < 4.78 is 13.4. The maximum Gasteiger partial charge on any atom is 0.161 e. The molecule has 1 aliphatic rings. The third-order valence-corrected chi connectivity index (χ3v) is 4.82. The predicted molar refractivity (Wildman–Crippen MR) is 83.1 cm³/mol. The van der Waals surface area contributed by atoms with Crippen molar-refractivity contribution in [3.05, 3.63) is 36.2 Å². The lowest BCUT2D eigenvalue weighted by molar-refractivity contribution is 0.164. The topological polar surface area (TPSA) is 48.3 Å². The smallest absolute Gasteiger partial charge is 0.161 e. The van der Waals surface area contributed by atoms with Gasteiger partial charge in [0, 0.05) is 17.7 Å². The first-order valence-electron chi connectivity index (χ1n) is 6.86. The summed E-state index contributed by atoms with van der Waals surface area (Å²) in [5, 5.41) is 7.63. The molecule has 5 nitrogen and oxygen atoms in total. The zero-order chi connectivity index (χ0) is 14.8. The summed E-state index contributed by atoms with van der Waals surface area (Å²) in [4.78, 5) is 1.19. The van der Waals surface area contributed by atoms with Gasteiger partial charge >= 0.3 is 0 Å². The van der Waals surface area contributed by atoms with Crippen molar-refractivity contribution in [3.8, 4) is 11.5 Å². The van der Waals surface area contributed by atoms with E-state index >= 15 is 0 Å². The Kier molecular flexibility index (Phi) is 4.07. The molecule has 0 amide bonds. The van der Waals surface area contributed by atoms with E-state index in [4.69, 9.17) is 9.47 Å². The Labute approximate surface area is 128 Å². The minimum Gasteiger partial charge on any atom is -0.493 e. The number of fused-ring (bicyclic) bond motifs is 1. The lowest BCUT2D eigenvalue weighted by Gasteiger charge is -2.32. The lowest BCUT2D eigenvalue weighted by Crippen LogP contribution is -2.38.